The Morgan fingerprint density at radius 2 is 2.17 bits per heavy atom. The van der Waals surface area contributed by atoms with E-state index in [1.807, 2.05) is 0 Å². The fraction of sp³-hybridized carbons (Fsp3) is 1.00. The zero-order chi connectivity index (χ0) is 4.62. The zero-order valence-corrected chi connectivity index (χ0v) is 3.48. The van der Waals surface area contributed by atoms with Crippen LogP contribution in [0.15, 0.2) is 0 Å². The molecule has 0 aliphatic heterocycles. The van der Waals surface area contributed by atoms with Crippen molar-refractivity contribution in [2.45, 2.75) is 18.4 Å². The highest BCUT2D eigenvalue weighted by molar-refractivity contribution is 4.91. The zero-order valence-electron chi connectivity index (χ0n) is 3.48. The molecule has 1 N–H and O–H groups in total. The average molecular weight is 87.1 g/mol. The summed E-state index contributed by atoms with van der Waals surface area (Å²) in [5.41, 5.74) is -0.903. The Hall–Kier alpha value is -0.0800. The molecular formula is C4H7O2. The number of hydrogen-bond donors (Lipinski definition) is 1. The molecule has 0 amide bonds. The lowest BCUT2D eigenvalue weighted by molar-refractivity contribution is 0.0128. The Balaban J connectivity index is 2.28. The Morgan fingerprint density at radius 1 is 1.67 bits per heavy atom. The van der Waals surface area contributed by atoms with Gasteiger partial charge in [-0.15, -0.1) is 0 Å². The second kappa shape index (κ2) is 0.950. The van der Waals surface area contributed by atoms with Crippen LogP contribution in [0, 0.1) is 0 Å². The van der Waals surface area contributed by atoms with Crippen LogP contribution in [0.3, 0.4) is 0 Å². The molecule has 35 valence electrons. The molecular weight excluding hydrogens is 80.0 g/mol. The largest absolute Gasteiger partial charge is 0.393 e. The third-order valence-electron chi connectivity index (χ3n) is 1.10. The predicted octanol–water partition coefficient (Wildman–Crippen LogP) is -0.0582. The van der Waals surface area contributed by atoms with Crippen molar-refractivity contribution in [2.75, 3.05) is 6.61 Å². The number of hydrogen-bond acceptors (Lipinski definition) is 1. The Kier molecular flexibility index (Phi) is 0.648. The normalized spacial score (nSPS) is 27.0. The molecule has 6 heavy (non-hydrogen) atoms. The molecule has 0 atom stereocenters. The second-order valence-corrected chi connectivity index (χ2v) is 1.84. The van der Waals surface area contributed by atoms with Crippen molar-refractivity contribution in [3.63, 3.8) is 0 Å². The molecule has 0 spiro atoms. The molecule has 0 saturated heterocycles. The molecule has 1 saturated carbocycles. The molecule has 1 fully saturated rings. The van der Waals surface area contributed by atoms with Crippen molar-refractivity contribution in [1.82, 2.24) is 0 Å². The van der Waals surface area contributed by atoms with Gasteiger partial charge in [-0.2, -0.15) is 0 Å². The van der Waals surface area contributed by atoms with Crippen molar-refractivity contribution >= 4 is 0 Å². The van der Waals surface area contributed by atoms with Gasteiger partial charge in [-0.25, -0.2) is 5.11 Å². The van der Waals surface area contributed by atoms with E-state index in [9.17, 15) is 5.11 Å². The maximum atomic E-state index is 10.3. The van der Waals surface area contributed by atoms with E-state index in [1.165, 1.54) is 0 Å². The minimum Gasteiger partial charge on any atom is -0.393 e. The van der Waals surface area contributed by atoms with Crippen LogP contribution in [0.25, 0.3) is 0 Å². The first kappa shape index (κ1) is 4.09. The van der Waals surface area contributed by atoms with Gasteiger partial charge < -0.3 is 5.11 Å². The van der Waals surface area contributed by atoms with Crippen molar-refractivity contribution < 1.29 is 10.2 Å². The summed E-state index contributed by atoms with van der Waals surface area (Å²) in [5, 5.41) is 18.5. The van der Waals surface area contributed by atoms with Gasteiger partial charge in [0.15, 0.2) is 0 Å². The highest BCUT2D eigenvalue weighted by Crippen LogP contribution is 2.34. The molecule has 0 bridgehead atoms. The fourth-order valence-corrected chi connectivity index (χ4v) is 0.298. The molecule has 0 aromatic rings. The van der Waals surface area contributed by atoms with Gasteiger partial charge in [-0.1, -0.05) is 0 Å². The van der Waals surface area contributed by atoms with E-state index in [0.29, 0.717) is 12.8 Å². The smallest absolute Gasteiger partial charge is 0.127 e. The molecule has 0 unspecified atom stereocenters. The van der Waals surface area contributed by atoms with Gasteiger partial charge in [0.05, 0.1) is 6.61 Å². The van der Waals surface area contributed by atoms with Crippen LogP contribution in [0.4, 0.5) is 0 Å². The van der Waals surface area contributed by atoms with Crippen LogP contribution in [-0.2, 0) is 5.11 Å². The summed E-state index contributed by atoms with van der Waals surface area (Å²) in [6.45, 7) is -0.174. The molecule has 1 radical (unpaired) electrons. The van der Waals surface area contributed by atoms with Gasteiger partial charge in [0.1, 0.15) is 5.60 Å². The van der Waals surface area contributed by atoms with Crippen LogP contribution >= 0.6 is 0 Å². The lowest BCUT2D eigenvalue weighted by Gasteiger charge is -1.91. The number of aliphatic hydroxyl groups excluding tert-OH is 1. The third kappa shape index (κ3) is 0.533. The first-order chi connectivity index (χ1) is 2.77. The van der Waals surface area contributed by atoms with Gasteiger partial charge in [0, 0.05) is 0 Å². The molecule has 2 heteroatoms. The van der Waals surface area contributed by atoms with Crippen LogP contribution in [-0.4, -0.2) is 17.3 Å². The predicted molar refractivity (Wildman–Crippen MR) is 19.7 cm³/mol. The number of rotatable bonds is 1. The quantitative estimate of drug-likeness (QED) is 0.478. The summed E-state index contributed by atoms with van der Waals surface area (Å²) in [4.78, 5) is 0. The van der Waals surface area contributed by atoms with Gasteiger partial charge in [-0.05, 0) is 12.8 Å². The molecule has 1 rings (SSSR count). The Labute approximate surface area is 36.4 Å². The van der Waals surface area contributed by atoms with Crippen molar-refractivity contribution in [3.05, 3.63) is 0 Å². The summed E-state index contributed by atoms with van der Waals surface area (Å²) >= 11 is 0. The van der Waals surface area contributed by atoms with E-state index in [1.54, 1.807) is 0 Å². The van der Waals surface area contributed by atoms with Crippen molar-refractivity contribution in [2.24, 2.45) is 0 Å². The number of aliphatic hydroxyl groups is 1. The Bertz CT molecular complexity index is 56.6. The molecule has 1 aliphatic rings. The van der Waals surface area contributed by atoms with Gasteiger partial charge in [0.25, 0.3) is 0 Å². The summed E-state index contributed by atoms with van der Waals surface area (Å²) < 4.78 is 0. The lowest BCUT2D eigenvalue weighted by atomic mass is 10.4. The second-order valence-electron chi connectivity index (χ2n) is 1.84. The van der Waals surface area contributed by atoms with Crippen LogP contribution in [0.1, 0.15) is 12.8 Å². The highest BCUT2D eigenvalue weighted by Gasteiger charge is 2.41. The standard InChI is InChI=1S/C4H7O2/c5-3-4(6)1-2-4/h5H,1-3H2. The highest BCUT2D eigenvalue weighted by atomic mass is 16.3. The molecule has 0 aromatic heterocycles. The van der Waals surface area contributed by atoms with E-state index in [0.717, 1.165) is 0 Å². The van der Waals surface area contributed by atoms with E-state index < -0.39 is 5.60 Å². The van der Waals surface area contributed by atoms with Crippen LogP contribution < -0.4 is 0 Å². The van der Waals surface area contributed by atoms with Crippen LogP contribution in [0.2, 0.25) is 0 Å². The van der Waals surface area contributed by atoms with E-state index in [2.05, 4.69) is 0 Å². The molecule has 1 aliphatic carbocycles. The van der Waals surface area contributed by atoms with Crippen molar-refractivity contribution in [1.29, 1.82) is 0 Å². The topological polar surface area (TPSA) is 40.1 Å². The summed E-state index contributed by atoms with van der Waals surface area (Å²) in [6, 6.07) is 0. The van der Waals surface area contributed by atoms with Crippen LogP contribution in [0.5, 0.6) is 0 Å². The first-order valence-corrected chi connectivity index (χ1v) is 2.08. The first-order valence-electron chi connectivity index (χ1n) is 2.08. The Morgan fingerprint density at radius 3 is 2.17 bits per heavy atom. The minimum atomic E-state index is -0.903. The maximum Gasteiger partial charge on any atom is 0.127 e. The summed E-state index contributed by atoms with van der Waals surface area (Å²) in [7, 11) is 0. The van der Waals surface area contributed by atoms with E-state index in [4.69, 9.17) is 5.11 Å². The van der Waals surface area contributed by atoms with Gasteiger partial charge >= 0.3 is 0 Å². The minimum absolute atomic E-state index is 0.174. The monoisotopic (exact) mass is 87.0 g/mol. The van der Waals surface area contributed by atoms with E-state index >= 15 is 0 Å². The summed E-state index contributed by atoms with van der Waals surface area (Å²) in [5.74, 6) is 0. The lowest BCUT2D eigenvalue weighted by Crippen LogP contribution is -2.09. The maximum absolute atomic E-state index is 10.3. The fourth-order valence-electron chi connectivity index (χ4n) is 0.298. The summed E-state index contributed by atoms with van der Waals surface area (Å²) in [6.07, 6.45) is 1.34. The SMILES string of the molecule is [O]C1(CO)CC1. The molecule has 0 heterocycles. The molecule has 0 aromatic carbocycles. The third-order valence-corrected chi connectivity index (χ3v) is 1.10. The van der Waals surface area contributed by atoms with Crippen molar-refractivity contribution in [3.8, 4) is 0 Å². The average Bonchev–Trinajstić information content (AvgIpc) is 2.22. The van der Waals surface area contributed by atoms with E-state index in [-0.39, 0.29) is 6.61 Å². The van der Waals surface area contributed by atoms with Gasteiger partial charge in [0.2, 0.25) is 0 Å². The van der Waals surface area contributed by atoms with Gasteiger partial charge in [-0.3, -0.25) is 0 Å². The molecule has 2 nitrogen and oxygen atoms in total.